The van der Waals surface area contributed by atoms with Crippen molar-refractivity contribution in [2.24, 2.45) is 0 Å². The van der Waals surface area contributed by atoms with Crippen molar-refractivity contribution in [1.29, 1.82) is 0 Å². The average Bonchev–Trinajstić information content (AvgIpc) is 3.17. The van der Waals surface area contributed by atoms with Crippen molar-refractivity contribution in [1.82, 2.24) is 14.3 Å². The molecule has 0 atom stereocenters. The summed E-state index contributed by atoms with van der Waals surface area (Å²) in [5, 5.41) is 0. The maximum absolute atomic E-state index is 12.1. The number of anilines is 1. The van der Waals surface area contributed by atoms with Gasteiger partial charge in [0.05, 0.1) is 17.5 Å². The molecule has 0 aliphatic carbocycles. The zero-order valence-corrected chi connectivity index (χ0v) is 18.2. The van der Waals surface area contributed by atoms with E-state index in [0.717, 1.165) is 34.2 Å². The van der Waals surface area contributed by atoms with Gasteiger partial charge >= 0.3 is 0 Å². The van der Waals surface area contributed by atoms with E-state index in [0.29, 0.717) is 11.3 Å². The third-order valence-electron chi connectivity index (χ3n) is 4.86. The predicted molar refractivity (Wildman–Crippen MR) is 123 cm³/mol. The number of hydrogen-bond donors (Lipinski definition) is 1. The highest BCUT2D eigenvalue weighted by Crippen LogP contribution is 2.29. The lowest BCUT2D eigenvalue weighted by Gasteiger charge is -2.10. The van der Waals surface area contributed by atoms with E-state index in [-0.39, 0.29) is 5.91 Å². The summed E-state index contributed by atoms with van der Waals surface area (Å²) in [5.41, 5.74) is 5.74. The Balaban J connectivity index is 1.68. The first kappa shape index (κ1) is 20.6. The van der Waals surface area contributed by atoms with Crippen molar-refractivity contribution in [2.45, 2.75) is 0 Å². The number of fused-ring (bicyclic) bond motifs is 1. The van der Waals surface area contributed by atoms with Crippen LogP contribution in [-0.4, -0.2) is 49.0 Å². The van der Waals surface area contributed by atoms with Gasteiger partial charge in [0.2, 0.25) is 10.0 Å². The lowest BCUT2D eigenvalue weighted by Crippen LogP contribution is -2.21. The van der Waals surface area contributed by atoms with Crippen molar-refractivity contribution in [3.63, 3.8) is 0 Å². The highest BCUT2D eigenvalue weighted by atomic mass is 32.2. The smallest absolute Gasteiger partial charge is 0.253 e. The number of nitrogens with one attached hydrogen (secondary N) is 1. The summed E-state index contributed by atoms with van der Waals surface area (Å²) >= 11 is 0. The van der Waals surface area contributed by atoms with Crippen LogP contribution in [0.15, 0.2) is 73.2 Å². The summed E-state index contributed by atoms with van der Waals surface area (Å²) in [6.45, 7) is 0. The molecule has 4 rings (SSSR count). The molecule has 0 fully saturated rings. The van der Waals surface area contributed by atoms with Crippen LogP contribution in [0.25, 0.3) is 27.9 Å². The fourth-order valence-corrected chi connectivity index (χ4v) is 3.96. The van der Waals surface area contributed by atoms with E-state index in [2.05, 4.69) is 9.71 Å². The largest absolute Gasteiger partial charge is 0.345 e. The van der Waals surface area contributed by atoms with Crippen LogP contribution in [0, 0.1) is 0 Å². The number of nitrogens with zero attached hydrogens (tertiary/aromatic N) is 3. The average molecular weight is 435 g/mol. The molecular formula is C23H22N4O3S. The van der Waals surface area contributed by atoms with Crippen LogP contribution in [0.3, 0.4) is 0 Å². The van der Waals surface area contributed by atoms with E-state index in [4.69, 9.17) is 0 Å². The first-order chi connectivity index (χ1) is 14.7. The van der Waals surface area contributed by atoms with Crippen LogP contribution in [0.5, 0.6) is 0 Å². The zero-order valence-electron chi connectivity index (χ0n) is 17.4. The number of amides is 1. The van der Waals surface area contributed by atoms with Gasteiger partial charge in [-0.15, -0.1) is 0 Å². The van der Waals surface area contributed by atoms with Crippen LogP contribution < -0.4 is 4.72 Å². The van der Waals surface area contributed by atoms with Crippen LogP contribution in [0.4, 0.5) is 5.69 Å². The molecule has 0 aliphatic rings. The minimum Gasteiger partial charge on any atom is -0.345 e. The van der Waals surface area contributed by atoms with Crippen LogP contribution >= 0.6 is 0 Å². The molecule has 1 N–H and O–H groups in total. The van der Waals surface area contributed by atoms with Gasteiger partial charge < -0.3 is 9.30 Å². The second-order valence-corrected chi connectivity index (χ2v) is 9.27. The second-order valence-electron chi connectivity index (χ2n) is 7.53. The van der Waals surface area contributed by atoms with Crippen LogP contribution in [-0.2, 0) is 10.0 Å². The fourth-order valence-electron chi connectivity index (χ4n) is 3.39. The number of carbonyl (C=O) groups excluding carboxylic acids is 1. The zero-order chi connectivity index (χ0) is 22.2. The second kappa shape index (κ2) is 7.88. The topological polar surface area (TPSA) is 83.8 Å². The molecule has 0 unspecified atom stereocenters. The number of carbonyl (C=O) groups is 1. The summed E-state index contributed by atoms with van der Waals surface area (Å²) in [6.07, 6.45) is 6.75. The number of benzene rings is 2. The lowest BCUT2D eigenvalue weighted by molar-refractivity contribution is 0.0827. The Labute approximate surface area is 181 Å². The Hall–Kier alpha value is -3.65. The van der Waals surface area contributed by atoms with Gasteiger partial charge in [-0.1, -0.05) is 24.3 Å². The number of hydrogen-bond acceptors (Lipinski definition) is 4. The summed E-state index contributed by atoms with van der Waals surface area (Å²) in [7, 11) is 0.139. The van der Waals surface area contributed by atoms with Crippen molar-refractivity contribution >= 4 is 27.1 Å². The molecular weight excluding hydrogens is 412 g/mol. The maximum Gasteiger partial charge on any atom is 0.253 e. The molecule has 0 radical (unpaired) electrons. The molecule has 8 heteroatoms. The molecule has 2 heterocycles. The molecule has 31 heavy (non-hydrogen) atoms. The molecule has 7 nitrogen and oxygen atoms in total. The molecule has 4 aromatic rings. The van der Waals surface area contributed by atoms with E-state index in [1.165, 1.54) is 0 Å². The van der Waals surface area contributed by atoms with E-state index >= 15 is 0 Å². The Morgan fingerprint density at radius 2 is 1.61 bits per heavy atom. The number of rotatable bonds is 5. The fraction of sp³-hybridized carbons (Fsp3) is 0.130. The Kier molecular flexibility index (Phi) is 5.24. The Morgan fingerprint density at radius 3 is 2.23 bits per heavy atom. The third-order valence-corrected chi connectivity index (χ3v) is 5.46. The minimum absolute atomic E-state index is 0.0334. The monoisotopic (exact) mass is 434 g/mol. The molecule has 158 valence electrons. The molecule has 0 bridgehead atoms. The molecule has 0 saturated carbocycles. The summed E-state index contributed by atoms with van der Waals surface area (Å²) in [5.74, 6) is -0.0334. The highest BCUT2D eigenvalue weighted by molar-refractivity contribution is 7.92. The number of aromatic nitrogens is 2. The lowest BCUT2D eigenvalue weighted by atomic mass is 10.1. The molecule has 2 aromatic heterocycles. The Bertz CT molecular complexity index is 1360. The first-order valence-corrected chi connectivity index (χ1v) is 11.5. The normalized spacial score (nSPS) is 11.5. The van der Waals surface area contributed by atoms with E-state index in [1.54, 1.807) is 37.3 Å². The Morgan fingerprint density at radius 1 is 0.968 bits per heavy atom. The van der Waals surface area contributed by atoms with Crippen LogP contribution in [0.1, 0.15) is 10.4 Å². The van der Waals surface area contributed by atoms with E-state index in [1.807, 2.05) is 59.3 Å². The van der Waals surface area contributed by atoms with Crippen molar-refractivity contribution < 1.29 is 13.2 Å². The quantitative estimate of drug-likeness (QED) is 0.519. The van der Waals surface area contributed by atoms with Gasteiger partial charge in [0.25, 0.3) is 5.91 Å². The summed E-state index contributed by atoms with van der Waals surface area (Å²) in [6, 6.07) is 16.7. The minimum atomic E-state index is -3.32. The summed E-state index contributed by atoms with van der Waals surface area (Å²) < 4.78 is 27.3. The third kappa shape index (κ3) is 4.44. The molecule has 0 aliphatic heterocycles. The molecule has 0 spiro atoms. The molecule has 0 saturated heterocycles. The van der Waals surface area contributed by atoms with Crippen molar-refractivity contribution in [3.8, 4) is 22.4 Å². The van der Waals surface area contributed by atoms with Gasteiger partial charge in [-0.05, 0) is 35.9 Å². The van der Waals surface area contributed by atoms with Gasteiger partial charge in [0.1, 0.15) is 0 Å². The van der Waals surface area contributed by atoms with Gasteiger partial charge in [0, 0.05) is 55.1 Å². The van der Waals surface area contributed by atoms with Crippen molar-refractivity contribution in [2.75, 3.05) is 25.1 Å². The SMILES string of the molecule is CN(C)C(=O)c1ccc(-c2cc3c(-c4ccc(NS(C)(=O)=O)cc4)nccn3c2)cc1. The maximum atomic E-state index is 12.1. The van der Waals surface area contributed by atoms with Crippen LogP contribution in [0.2, 0.25) is 0 Å². The van der Waals surface area contributed by atoms with Crippen molar-refractivity contribution in [3.05, 3.63) is 78.8 Å². The standard InChI is InChI=1S/C23H22N4O3S/c1-26(2)23(28)18-6-4-16(5-7-18)19-14-21-22(24-12-13-27(21)15-19)17-8-10-20(11-9-17)25-31(3,29)30/h4-15,25H,1-3H3. The first-order valence-electron chi connectivity index (χ1n) is 9.58. The highest BCUT2D eigenvalue weighted by Gasteiger charge is 2.12. The van der Waals surface area contributed by atoms with Gasteiger partial charge in [-0.3, -0.25) is 14.5 Å². The summed E-state index contributed by atoms with van der Waals surface area (Å²) in [4.78, 5) is 18.2. The molecule has 2 aromatic carbocycles. The van der Waals surface area contributed by atoms with Gasteiger partial charge in [-0.2, -0.15) is 0 Å². The van der Waals surface area contributed by atoms with Gasteiger partial charge in [-0.25, -0.2) is 8.42 Å². The van der Waals surface area contributed by atoms with E-state index in [9.17, 15) is 13.2 Å². The van der Waals surface area contributed by atoms with Gasteiger partial charge in [0.15, 0.2) is 0 Å². The number of sulfonamides is 1. The van der Waals surface area contributed by atoms with E-state index < -0.39 is 10.0 Å². The molecule has 1 amide bonds. The predicted octanol–water partition coefficient (Wildman–Crippen LogP) is 3.74.